The molecule has 0 bridgehead atoms. The van der Waals surface area contributed by atoms with Crippen LogP contribution < -0.4 is 5.32 Å². The fraction of sp³-hybridized carbons (Fsp3) is 0.333. The molecule has 0 saturated carbocycles. The van der Waals surface area contributed by atoms with Gasteiger partial charge in [-0.15, -0.1) is 0 Å². The van der Waals surface area contributed by atoms with Crippen molar-refractivity contribution in [2.75, 3.05) is 6.54 Å². The van der Waals surface area contributed by atoms with E-state index >= 15 is 0 Å². The zero-order valence-electron chi connectivity index (χ0n) is 12.2. The van der Waals surface area contributed by atoms with Gasteiger partial charge in [0, 0.05) is 9.11 Å². The minimum absolute atomic E-state index is 0.0288. The van der Waals surface area contributed by atoms with Crippen molar-refractivity contribution in [2.45, 2.75) is 32.2 Å². The minimum Gasteiger partial charge on any atom is -0.308 e. The Labute approximate surface area is 135 Å². The van der Waals surface area contributed by atoms with E-state index in [0.29, 0.717) is 0 Å². The summed E-state index contributed by atoms with van der Waals surface area (Å²) in [6, 6.07) is 19.5. The maximum atomic E-state index is 3.66. The van der Waals surface area contributed by atoms with Crippen molar-refractivity contribution in [3.8, 4) is 0 Å². The zero-order chi connectivity index (χ0) is 14.4. The van der Waals surface area contributed by atoms with Gasteiger partial charge in [-0.3, -0.25) is 0 Å². The third-order valence-electron chi connectivity index (χ3n) is 3.62. The van der Waals surface area contributed by atoms with Crippen molar-refractivity contribution in [1.29, 1.82) is 0 Å². The van der Waals surface area contributed by atoms with Crippen molar-refractivity contribution in [3.05, 3.63) is 69.3 Å². The molecule has 0 atom stereocenters. The van der Waals surface area contributed by atoms with Gasteiger partial charge in [-0.05, 0) is 79.1 Å². The summed E-state index contributed by atoms with van der Waals surface area (Å²) < 4.78 is 1.28. The van der Waals surface area contributed by atoms with E-state index in [4.69, 9.17) is 0 Å². The molecule has 0 aliphatic heterocycles. The predicted molar refractivity (Wildman–Crippen MR) is 95.0 cm³/mol. The number of rotatable bonds is 6. The second-order valence-corrected chi connectivity index (χ2v) is 6.89. The predicted octanol–water partition coefficient (Wildman–Crippen LogP) is 4.75. The minimum atomic E-state index is 0.0288. The van der Waals surface area contributed by atoms with Crippen LogP contribution in [0.4, 0.5) is 0 Å². The Balaban J connectivity index is 1.82. The lowest BCUT2D eigenvalue weighted by molar-refractivity contribution is 0.400. The highest BCUT2D eigenvalue weighted by atomic mass is 127. The summed E-state index contributed by atoms with van der Waals surface area (Å²) in [5.74, 6) is 0. The quantitative estimate of drug-likeness (QED) is 0.564. The number of benzene rings is 2. The molecule has 106 valence electrons. The normalized spacial score (nSPS) is 11.6. The summed E-state index contributed by atoms with van der Waals surface area (Å²) in [7, 11) is 0. The molecule has 0 aromatic heterocycles. The molecule has 0 saturated heterocycles. The van der Waals surface area contributed by atoms with Crippen LogP contribution in [0.25, 0.3) is 0 Å². The van der Waals surface area contributed by atoms with Gasteiger partial charge in [0.15, 0.2) is 0 Å². The Morgan fingerprint density at radius 3 is 2.25 bits per heavy atom. The Morgan fingerprint density at radius 2 is 1.60 bits per heavy atom. The topological polar surface area (TPSA) is 12.0 Å². The highest BCUT2D eigenvalue weighted by Crippen LogP contribution is 2.21. The Morgan fingerprint density at radius 1 is 0.950 bits per heavy atom. The number of hydrogen-bond donors (Lipinski definition) is 1. The molecule has 2 heteroatoms. The Hall–Kier alpha value is -0.870. The lowest BCUT2D eigenvalue weighted by Gasteiger charge is -2.27. The highest BCUT2D eigenvalue weighted by molar-refractivity contribution is 14.1. The molecule has 1 N–H and O–H groups in total. The van der Waals surface area contributed by atoms with Gasteiger partial charge in [0.1, 0.15) is 0 Å². The third kappa shape index (κ3) is 4.60. The molecule has 20 heavy (non-hydrogen) atoms. The smallest absolute Gasteiger partial charge is 0.0377 e. The third-order valence-corrected chi connectivity index (χ3v) is 4.34. The van der Waals surface area contributed by atoms with Crippen LogP contribution in [0, 0.1) is 3.57 Å². The maximum Gasteiger partial charge on any atom is 0.0377 e. The zero-order valence-corrected chi connectivity index (χ0v) is 14.4. The van der Waals surface area contributed by atoms with Crippen LogP contribution in [0.2, 0.25) is 0 Å². The average molecular weight is 379 g/mol. The van der Waals surface area contributed by atoms with E-state index in [-0.39, 0.29) is 5.54 Å². The first kappa shape index (κ1) is 15.5. The summed E-state index contributed by atoms with van der Waals surface area (Å²) >= 11 is 2.35. The van der Waals surface area contributed by atoms with Crippen LogP contribution in [0.1, 0.15) is 31.4 Å². The monoisotopic (exact) mass is 379 g/mol. The summed E-state index contributed by atoms with van der Waals surface area (Å²) in [6.07, 6.45) is 2.30. The molecule has 2 aromatic carbocycles. The van der Waals surface area contributed by atoms with E-state index in [9.17, 15) is 0 Å². The molecular formula is C18H22IN. The van der Waals surface area contributed by atoms with E-state index < -0.39 is 0 Å². The summed E-state index contributed by atoms with van der Waals surface area (Å²) in [5, 5.41) is 3.66. The Kier molecular flexibility index (Phi) is 5.61. The van der Waals surface area contributed by atoms with E-state index in [1.54, 1.807) is 0 Å². The van der Waals surface area contributed by atoms with Gasteiger partial charge in [0.25, 0.3) is 0 Å². The van der Waals surface area contributed by atoms with Crippen LogP contribution in [-0.4, -0.2) is 6.54 Å². The first-order valence-corrected chi connectivity index (χ1v) is 8.21. The second kappa shape index (κ2) is 7.23. The summed E-state index contributed by atoms with van der Waals surface area (Å²) in [4.78, 5) is 0. The molecule has 2 aromatic rings. The summed E-state index contributed by atoms with van der Waals surface area (Å²) in [6.45, 7) is 5.53. The standard InChI is InChI=1S/C18H22IN/c1-18(2,16-10-12-17(19)13-11-16)20-14-6-9-15-7-4-3-5-8-15/h3-5,7-8,10-13,20H,6,9,14H2,1-2H3. The largest absolute Gasteiger partial charge is 0.308 e. The van der Waals surface area contributed by atoms with Crippen molar-refractivity contribution in [3.63, 3.8) is 0 Å². The number of aryl methyl sites for hydroxylation is 1. The highest BCUT2D eigenvalue weighted by Gasteiger charge is 2.18. The molecule has 0 unspecified atom stereocenters. The number of nitrogens with one attached hydrogen (secondary N) is 1. The van der Waals surface area contributed by atoms with E-state index in [0.717, 1.165) is 19.4 Å². The molecule has 0 amide bonds. The number of hydrogen-bond acceptors (Lipinski definition) is 1. The van der Waals surface area contributed by atoms with Crippen LogP contribution >= 0.6 is 22.6 Å². The van der Waals surface area contributed by atoms with Gasteiger partial charge >= 0.3 is 0 Å². The second-order valence-electron chi connectivity index (χ2n) is 5.65. The molecule has 1 nitrogen and oxygen atoms in total. The van der Waals surface area contributed by atoms with Gasteiger partial charge in [-0.25, -0.2) is 0 Å². The fourth-order valence-electron chi connectivity index (χ4n) is 2.31. The molecule has 2 rings (SSSR count). The van der Waals surface area contributed by atoms with Gasteiger partial charge in [-0.1, -0.05) is 42.5 Å². The molecule has 0 heterocycles. The first-order chi connectivity index (χ1) is 9.58. The van der Waals surface area contributed by atoms with Crippen molar-refractivity contribution >= 4 is 22.6 Å². The van der Waals surface area contributed by atoms with Crippen molar-refractivity contribution < 1.29 is 0 Å². The summed E-state index contributed by atoms with van der Waals surface area (Å²) in [5.41, 5.74) is 2.79. The lowest BCUT2D eigenvalue weighted by atomic mass is 9.94. The van der Waals surface area contributed by atoms with Crippen LogP contribution in [0.15, 0.2) is 54.6 Å². The van der Waals surface area contributed by atoms with Gasteiger partial charge < -0.3 is 5.32 Å². The van der Waals surface area contributed by atoms with E-state index in [2.05, 4.69) is 96.4 Å². The maximum absolute atomic E-state index is 3.66. The van der Waals surface area contributed by atoms with Gasteiger partial charge in [0.2, 0.25) is 0 Å². The van der Waals surface area contributed by atoms with Crippen molar-refractivity contribution in [2.24, 2.45) is 0 Å². The van der Waals surface area contributed by atoms with Gasteiger partial charge in [-0.2, -0.15) is 0 Å². The molecule has 0 aliphatic rings. The van der Waals surface area contributed by atoms with E-state index in [1.807, 2.05) is 0 Å². The number of halogens is 1. The van der Waals surface area contributed by atoms with Crippen LogP contribution in [0.5, 0.6) is 0 Å². The van der Waals surface area contributed by atoms with Crippen molar-refractivity contribution in [1.82, 2.24) is 5.32 Å². The molecule has 0 aliphatic carbocycles. The molecule has 0 spiro atoms. The van der Waals surface area contributed by atoms with Gasteiger partial charge in [0.05, 0.1) is 0 Å². The lowest BCUT2D eigenvalue weighted by Crippen LogP contribution is -2.37. The van der Waals surface area contributed by atoms with Crippen LogP contribution in [-0.2, 0) is 12.0 Å². The molecule has 0 fully saturated rings. The van der Waals surface area contributed by atoms with Crippen LogP contribution in [0.3, 0.4) is 0 Å². The average Bonchev–Trinajstić information content (AvgIpc) is 2.45. The molecule has 0 radical (unpaired) electrons. The van der Waals surface area contributed by atoms with E-state index in [1.165, 1.54) is 14.7 Å². The SMILES string of the molecule is CC(C)(NCCCc1ccccc1)c1ccc(I)cc1. The Bertz CT molecular complexity index is 517. The fourth-order valence-corrected chi connectivity index (χ4v) is 2.67. The first-order valence-electron chi connectivity index (χ1n) is 7.13. The molecular weight excluding hydrogens is 357 g/mol.